The Bertz CT molecular complexity index is 1170. The Morgan fingerprint density at radius 3 is 2.36 bits per heavy atom. The van der Waals surface area contributed by atoms with Crippen molar-refractivity contribution in [3.8, 4) is 17.2 Å². The van der Waals surface area contributed by atoms with Crippen LogP contribution in [-0.4, -0.2) is 87.3 Å². The van der Waals surface area contributed by atoms with Gasteiger partial charge < -0.3 is 29.0 Å². The molecule has 2 aromatic rings. The molecule has 1 N–H and O–H groups in total. The molecule has 1 atom stereocenters. The van der Waals surface area contributed by atoms with E-state index in [2.05, 4.69) is 4.90 Å². The molecule has 0 bridgehead atoms. The summed E-state index contributed by atoms with van der Waals surface area (Å²) < 4.78 is 21.9. The lowest BCUT2D eigenvalue weighted by atomic mass is 9.94. The van der Waals surface area contributed by atoms with Gasteiger partial charge in [0.05, 0.1) is 46.2 Å². The number of aliphatic hydroxyl groups excluding tert-OH is 1. The van der Waals surface area contributed by atoms with Crippen molar-refractivity contribution in [3.05, 3.63) is 58.7 Å². The molecule has 0 saturated carbocycles. The van der Waals surface area contributed by atoms with Crippen molar-refractivity contribution in [1.82, 2.24) is 9.80 Å². The van der Waals surface area contributed by atoms with Crippen molar-refractivity contribution in [1.29, 1.82) is 0 Å². The lowest BCUT2D eigenvalue weighted by molar-refractivity contribution is -0.140. The van der Waals surface area contributed by atoms with Crippen LogP contribution in [0.1, 0.15) is 22.7 Å². The van der Waals surface area contributed by atoms with E-state index in [0.29, 0.717) is 54.7 Å². The molecular formula is C27H32N2O7. The molecular weight excluding hydrogens is 464 g/mol. The van der Waals surface area contributed by atoms with E-state index in [-0.39, 0.29) is 11.3 Å². The van der Waals surface area contributed by atoms with Gasteiger partial charge >= 0.3 is 0 Å². The van der Waals surface area contributed by atoms with Gasteiger partial charge in [0.15, 0.2) is 11.5 Å². The van der Waals surface area contributed by atoms with E-state index in [1.807, 2.05) is 6.92 Å². The molecule has 2 aliphatic rings. The first-order valence-electron chi connectivity index (χ1n) is 11.9. The van der Waals surface area contributed by atoms with Gasteiger partial charge in [-0.25, -0.2) is 0 Å². The topological polar surface area (TPSA) is 97.8 Å². The molecule has 2 aromatic carbocycles. The molecule has 0 radical (unpaired) electrons. The van der Waals surface area contributed by atoms with Gasteiger partial charge in [0, 0.05) is 37.3 Å². The molecule has 0 aliphatic carbocycles. The third-order valence-electron chi connectivity index (χ3n) is 6.70. The maximum atomic E-state index is 13.4. The molecule has 2 aliphatic heterocycles. The smallest absolute Gasteiger partial charge is 0.295 e. The molecule has 4 rings (SSSR count). The van der Waals surface area contributed by atoms with Crippen molar-refractivity contribution in [2.75, 3.05) is 60.7 Å². The number of hydrogen-bond donors (Lipinski definition) is 1. The van der Waals surface area contributed by atoms with Gasteiger partial charge in [-0.3, -0.25) is 14.5 Å². The van der Waals surface area contributed by atoms with E-state index in [4.69, 9.17) is 18.9 Å². The number of methoxy groups -OCH3 is 3. The van der Waals surface area contributed by atoms with Crippen molar-refractivity contribution < 1.29 is 33.6 Å². The number of morpholine rings is 1. The fourth-order valence-electron chi connectivity index (χ4n) is 4.82. The van der Waals surface area contributed by atoms with Crippen LogP contribution in [0.4, 0.5) is 0 Å². The van der Waals surface area contributed by atoms with Crippen LogP contribution in [0.2, 0.25) is 0 Å². The Balaban J connectivity index is 1.83. The normalized spacial score (nSPS) is 20.0. The van der Waals surface area contributed by atoms with Gasteiger partial charge in [-0.2, -0.15) is 0 Å². The Kier molecular flexibility index (Phi) is 7.81. The summed E-state index contributed by atoms with van der Waals surface area (Å²) in [6, 6.07) is 9.58. The lowest BCUT2D eigenvalue weighted by Crippen LogP contribution is -2.42. The van der Waals surface area contributed by atoms with Crippen molar-refractivity contribution in [3.63, 3.8) is 0 Å². The number of rotatable bonds is 8. The van der Waals surface area contributed by atoms with E-state index in [1.54, 1.807) is 43.5 Å². The number of nitrogens with zero attached hydrogens (tertiary/aromatic N) is 2. The Morgan fingerprint density at radius 2 is 1.72 bits per heavy atom. The van der Waals surface area contributed by atoms with Crippen LogP contribution in [0.5, 0.6) is 17.2 Å². The number of ether oxygens (including phenoxy) is 4. The number of Topliss-reactive ketones (excluding diaryl/α,β-unsaturated/α-hetero) is 1. The van der Waals surface area contributed by atoms with Crippen LogP contribution >= 0.6 is 0 Å². The maximum absolute atomic E-state index is 13.4. The Labute approximate surface area is 210 Å². The highest BCUT2D eigenvalue weighted by molar-refractivity contribution is 6.46. The van der Waals surface area contributed by atoms with E-state index >= 15 is 0 Å². The molecule has 9 nitrogen and oxygen atoms in total. The van der Waals surface area contributed by atoms with Crippen LogP contribution in [0.3, 0.4) is 0 Å². The number of likely N-dealkylation sites (tertiary alicyclic amines) is 1. The number of para-hydroxylation sites is 1. The number of aliphatic hydroxyl groups is 1. The summed E-state index contributed by atoms with van der Waals surface area (Å²) in [7, 11) is 4.60. The largest absolute Gasteiger partial charge is 0.507 e. The molecule has 2 saturated heterocycles. The Morgan fingerprint density at radius 1 is 1.00 bits per heavy atom. The predicted octanol–water partition coefficient (Wildman–Crippen LogP) is 2.77. The van der Waals surface area contributed by atoms with E-state index in [1.165, 1.54) is 19.1 Å². The summed E-state index contributed by atoms with van der Waals surface area (Å²) in [5.41, 5.74) is 1.79. The summed E-state index contributed by atoms with van der Waals surface area (Å²) >= 11 is 0. The second kappa shape index (κ2) is 11.0. The number of ketones is 1. The number of carbonyl (C=O) groups is 2. The maximum Gasteiger partial charge on any atom is 0.295 e. The molecule has 2 heterocycles. The Hall–Kier alpha value is -3.56. The van der Waals surface area contributed by atoms with E-state index < -0.39 is 17.7 Å². The lowest BCUT2D eigenvalue weighted by Gasteiger charge is -2.31. The number of benzene rings is 2. The average Bonchev–Trinajstić information content (AvgIpc) is 3.16. The zero-order valence-corrected chi connectivity index (χ0v) is 21.1. The fourth-order valence-corrected chi connectivity index (χ4v) is 4.82. The van der Waals surface area contributed by atoms with Crippen LogP contribution in [0, 0.1) is 6.92 Å². The second-order valence-corrected chi connectivity index (χ2v) is 8.71. The summed E-state index contributed by atoms with van der Waals surface area (Å²) in [5.74, 6) is -0.122. The summed E-state index contributed by atoms with van der Waals surface area (Å²) in [5, 5.41) is 11.4. The predicted molar refractivity (Wildman–Crippen MR) is 134 cm³/mol. The number of aryl methyl sites for hydroxylation is 1. The standard InChI is InChI=1S/C27H32N2O7/c1-17-16-18(8-9-20(17)33-2)24(30)22-23(19-6-5-7-21(34-3)26(19)35-4)29(27(32)25(22)31)11-10-28-12-14-36-15-13-28/h5-9,16,23,30H,10-15H2,1-4H3/b24-22+/t23-/m1/s1. The molecule has 0 aromatic heterocycles. The van der Waals surface area contributed by atoms with Gasteiger partial charge in [0.1, 0.15) is 11.5 Å². The molecule has 0 unspecified atom stereocenters. The molecule has 1 amide bonds. The molecule has 192 valence electrons. The van der Waals surface area contributed by atoms with Crippen LogP contribution in [0.15, 0.2) is 42.0 Å². The van der Waals surface area contributed by atoms with Gasteiger partial charge in [0.25, 0.3) is 11.7 Å². The molecule has 9 heteroatoms. The highest BCUT2D eigenvalue weighted by atomic mass is 16.5. The van der Waals surface area contributed by atoms with Gasteiger partial charge in [-0.1, -0.05) is 12.1 Å². The van der Waals surface area contributed by atoms with Crippen molar-refractivity contribution in [2.45, 2.75) is 13.0 Å². The zero-order chi connectivity index (χ0) is 25.8. The first-order chi connectivity index (χ1) is 17.4. The zero-order valence-electron chi connectivity index (χ0n) is 21.1. The minimum atomic E-state index is -0.849. The van der Waals surface area contributed by atoms with Crippen LogP contribution in [-0.2, 0) is 14.3 Å². The summed E-state index contributed by atoms with van der Waals surface area (Å²) in [4.78, 5) is 30.4. The monoisotopic (exact) mass is 496 g/mol. The molecule has 2 fully saturated rings. The van der Waals surface area contributed by atoms with Crippen molar-refractivity contribution >= 4 is 17.4 Å². The number of amides is 1. The second-order valence-electron chi connectivity index (χ2n) is 8.71. The SMILES string of the molecule is COc1ccc(/C(O)=C2\C(=O)C(=O)N(CCN3CCOCC3)[C@@H]2c2cccc(OC)c2OC)cc1C. The summed E-state index contributed by atoms with van der Waals surface area (Å²) in [6.45, 7) is 5.48. The minimum Gasteiger partial charge on any atom is -0.507 e. The van der Waals surface area contributed by atoms with E-state index in [9.17, 15) is 14.7 Å². The highest BCUT2D eigenvalue weighted by Gasteiger charge is 2.47. The fraction of sp³-hybridized carbons (Fsp3) is 0.407. The minimum absolute atomic E-state index is 0.0121. The van der Waals surface area contributed by atoms with Gasteiger partial charge in [0.2, 0.25) is 0 Å². The van der Waals surface area contributed by atoms with Gasteiger partial charge in [-0.15, -0.1) is 0 Å². The summed E-state index contributed by atoms with van der Waals surface area (Å²) in [6.07, 6.45) is 0. The first kappa shape index (κ1) is 25.5. The number of carbonyl (C=O) groups excluding carboxylic acids is 2. The first-order valence-corrected chi connectivity index (χ1v) is 11.9. The van der Waals surface area contributed by atoms with Crippen LogP contribution in [0.25, 0.3) is 5.76 Å². The third kappa shape index (κ3) is 4.76. The third-order valence-corrected chi connectivity index (χ3v) is 6.70. The quantitative estimate of drug-likeness (QED) is 0.339. The van der Waals surface area contributed by atoms with Crippen molar-refractivity contribution in [2.24, 2.45) is 0 Å². The molecule has 36 heavy (non-hydrogen) atoms. The van der Waals surface area contributed by atoms with E-state index in [0.717, 1.165) is 18.7 Å². The van der Waals surface area contributed by atoms with Gasteiger partial charge in [-0.05, 0) is 36.8 Å². The van der Waals surface area contributed by atoms with Crippen LogP contribution < -0.4 is 14.2 Å². The highest BCUT2D eigenvalue weighted by Crippen LogP contribution is 2.45. The molecule has 0 spiro atoms. The number of hydrogen-bond acceptors (Lipinski definition) is 8. The average molecular weight is 497 g/mol.